The summed E-state index contributed by atoms with van der Waals surface area (Å²) in [6, 6.07) is 14.3. The van der Waals surface area contributed by atoms with Gasteiger partial charge < -0.3 is 5.32 Å². The van der Waals surface area contributed by atoms with Crippen LogP contribution in [0.3, 0.4) is 0 Å². The van der Waals surface area contributed by atoms with Crippen molar-refractivity contribution in [2.75, 3.05) is 11.1 Å². The third-order valence-corrected chi connectivity index (χ3v) is 6.97. The molecule has 0 saturated carbocycles. The van der Waals surface area contributed by atoms with Crippen LogP contribution in [-0.4, -0.2) is 29.9 Å². The number of hydrogen-bond donors (Lipinski definition) is 1. The van der Waals surface area contributed by atoms with Gasteiger partial charge in [-0.1, -0.05) is 18.2 Å². The van der Waals surface area contributed by atoms with Crippen molar-refractivity contribution in [3.05, 3.63) is 71.7 Å². The lowest BCUT2D eigenvalue weighted by Gasteiger charge is -2.11. The molecule has 1 heterocycles. The zero-order valence-electron chi connectivity index (χ0n) is 16.3. The van der Waals surface area contributed by atoms with E-state index in [9.17, 15) is 17.6 Å². The fourth-order valence-corrected chi connectivity index (χ4v) is 4.96. The summed E-state index contributed by atoms with van der Waals surface area (Å²) in [6.07, 6.45) is 2.99. The number of hydrogen-bond acceptors (Lipinski definition) is 4. The Hall–Kier alpha value is -3.00. The van der Waals surface area contributed by atoms with Gasteiger partial charge in [-0.25, -0.2) is 17.5 Å². The topological polar surface area (TPSA) is 81.1 Å². The SMILES string of the molecule is O=C(CCCS(=O)(=O)c1ccc(F)cc1)Nc1c2c(nn1-c1ccccc1)CCC2. The molecule has 30 heavy (non-hydrogen) atoms. The summed E-state index contributed by atoms with van der Waals surface area (Å²) in [5.74, 6) is -0.255. The third kappa shape index (κ3) is 4.28. The van der Waals surface area contributed by atoms with Crippen LogP contribution in [0.25, 0.3) is 5.69 Å². The molecule has 1 aliphatic carbocycles. The summed E-state index contributed by atoms with van der Waals surface area (Å²) >= 11 is 0. The Labute approximate surface area is 174 Å². The normalized spacial score (nSPS) is 13.2. The van der Waals surface area contributed by atoms with Crippen molar-refractivity contribution in [2.45, 2.75) is 37.0 Å². The first-order chi connectivity index (χ1) is 14.4. The second kappa shape index (κ2) is 8.39. The van der Waals surface area contributed by atoms with Crippen LogP contribution < -0.4 is 5.32 Å². The Morgan fingerprint density at radius 3 is 2.53 bits per heavy atom. The van der Waals surface area contributed by atoms with Gasteiger partial charge in [-0.3, -0.25) is 4.79 Å². The standard InChI is InChI=1S/C22H22FN3O3S/c23-16-11-13-18(14-12-16)30(28,29)15-5-10-21(27)24-22-19-8-4-9-20(19)25-26(22)17-6-2-1-3-7-17/h1-3,6-7,11-14H,4-5,8-10,15H2,(H,24,27). The molecule has 2 aromatic carbocycles. The van der Waals surface area contributed by atoms with E-state index in [1.165, 1.54) is 12.1 Å². The van der Waals surface area contributed by atoms with Crippen LogP contribution in [0, 0.1) is 5.82 Å². The lowest BCUT2D eigenvalue weighted by Crippen LogP contribution is -2.17. The first kappa shape index (κ1) is 20.3. The molecular weight excluding hydrogens is 405 g/mol. The fourth-order valence-electron chi connectivity index (χ4n) is 3.65. The Kier molecular flexibility index (Phi) is 5.67. The summed E-state index contributed by atoms with van der Waals surface area (Å²) in [4.78, 5) is 12.6. The Morgan fingerprint density at radius 2 is 1.80 bits per heavy atom. The predicted molar refractivity (Wildman–Crippen MR) is 112 cm³/mol. The highest BCUT2D eigenvalue weighted by Crippen LogP contribution is 2.31. The van der Waals surface area contributed by atoms with Gasteiger partial charge in [0.1, 0.15) is 11.6 Å². The molecule has 1 N–H and O–H groups in total. The van der Waals surface area contributed by atoms with Crippen molar-refractivity contribution in [2.24, 2.45) is 0 Å². The molecule has 8 heteroatoms. The number of aromatic nitrogens is 2. The molecule has 4 rings (SSSR count). The van der Waals surface area contributed by atoms with Gasteiger partial charge in [-0.05, 0) is 62.1 Å². The van der Waals surface area contributed by atoms with Gasteiger partial charge >= 0.3 is 0 Å². The number of anilines is 1. The number of aryl methyl sites for hydroxylation is 1. The molecular formula is C22H22FN3O3S. The smallest absolute Gasteiger partial charge is 0.225 e. The molecule has 156 valence electrons. The number of para-hydroxylation sites is 1. The summed E-state index contributed by atoms with van der Waals surface area (Å²) in [5, 5.41) is 7.60. The minimum Gasteiger partial charge on any atom is -0.310 e. The number of nitrogens with one attached hydrogen (secondary N) is 1. The number of halogens is 1. The molecule has 0 radical (unpaired) electrons. The van der Waals surface area contributed by atoms with Gasteiger partial charge in [0, 0.05) is 12.0 Å². The van der Waals surface area contributed by atoms with Gasteiger partial charge in [0.05, 0.1) is 22.0 Å². The fraction of sp³-hybridized carbons (Fsp3) is 0.273. The summed E-state index contributed by atoms with van der Waals surface area (Å²) < 4.78 is 39.5. The average Bonchev–Trinajstić information content (AvgIpc) is 3.31. The van der Waals surface area contributed by atoms with Gasteiger partial charge in [-0.2, -0.15) is 5.10 Å². The first-order valence-electron chi connectivity index (χ1n) is 9.88. The number of fused-ring (bicyclic) bond motifs is 1. The Morgan fingerprint density at radius 1 is 1.07 bits per heavy atom. The van der Waals surface area contributed by atoms with E-state index in [1.807, 2.05) is 30.3 Å². The quantitative estimate of drug-likeness (QED) is 0.583. The molecule has 0 aliphatic heterocycles. The highest BCUT2D eigenvalue weighted by molar-refractivity contribution is 7.91. The molecule has 1 aromatic heterocycles. The zero-order chi connectivity index (χ0) is 21.1. The number of amides is 1. The van der Waals surface area contributed by atoms with E-state index in [0.717, 1.165) is 48.3 Å². The van der Waals surface area contributed by atoms with Crippen LogP contribution in [0.4, 0.5) is 10.2 Å². The lowest BCUT2D eigenvalue weighted by molar-refractivity contribution is -0.116. The van der Waals surface area contributed by atoms with Crippen molar-refractivity contribution in [1.29, 1.82) is 0 Å². The van der Waals surface area contributed by atoms with Crippen LogP contribution >= 0.6 is 0 Å². The highest BCUT2D eigenvalue weighted by Gasteiger charge is 2.24. The zero-order valence-corrected chi connectivity index (χ0v) is 17.2. The molecule has 6 nitrogen and oxygen atoms in total. The van der Waals surface area contributed by atoms with E-state index in [4.69, 9.17) is 0 Å². The Bertz CT molecular complexity index is 1160. The van der Waals surface area contributed by atoms with Gasteiger partial charge in [0.25, 0.3) is 0 Å². The van der Waals surface area contributed by atoms with E-state index in [0.29, 0.717) is 5.82 Å². The van der Waals surface area contributed by atoms with Gasteiger partial charge in [0.2, 0.25) is 5.91 Å². The van der Waals surface area contributed by atoms with Crippen molar-refractivity contribution < 1.29 is 17.6 Å². The highest BCUT2D eigenvalue weighted by atomic mass is 32.2. The van der Waals surface area contributed by atoms with Crippen LogP contribution in [0.5, 0.6) is 0 Å². The largest absolute Gasteiger partial charge is 0.310 e. The molecule has 3 aromatic rings. The number of carbonyl (C=O) groups is 1. The molecule has 0 unspecified atom stereocenters. The Balaban J connectivity index is 1.43. The van der Waals surface area contributed by atoms with Crippen molar-refractivity contribution in [3.63, 3.8) is 0 Å². The van der Waals surface area contributed by atoms with Crippen molar-refractivity contribution in [1.82, 2.24) is 9.78 Å². The third-order valence-electron chi connectivity index (χ3n) is 5.16. The maximum atomic E-state index is 13.0. The van der Waals surface area contributed by atoms with E-state index in [-0.39, 0.29) is 29.4 Å². The second-order valence-electron chi connectivity index (χ2n) is 7.30. The van der Waals surface area contributed by atoms with Crippen LogP contribution in [-0.2, 0) is 27.5 Å². The van der Waals surface area contributed by atoms with Gasteiger partial charge in [0.15, 0.2) is 9.84 Å². The summed E-state index contributed by atoms with van der Waals surface area (Å²) in [5.41, 5.74) is 2.90. The maximum Gasteiger partial charge on any atom is 0.225 e. The maximum absolute atomic E-state index is 13.0. The number of sulfone groups is 1. The summed E-state index contributed by atoms with van der Waals surface area (Å²) in [7, 11) is -3.56. The van der Waals surface area contributed by atoms with Crippen LogP contribution in [0.15, 0.2) is 59.5 Å². The average molecular weight is 428 g/mol. The minimum absolute atomic E-state index is 0.0595. The van der Waals surface area contributed by atoms with E-state index >= 15 is 0 Å². The molecule has 0 atom stereocenters. The molecule has 0 bridgehead atoms. The van der Waals surface area contributed by atoms with Crippen LogP contribution in [0.2, 0.25) is 0 Å². The molecule has 1 amide bonds. The van der Waals surface area contributed by atoms with Crippen LogP contribution in [0.1, 0.15) is 30.5 Å². The first-order valence-corrected chi connectivity index (χ1v) is 11.5. The monoisotopic (exact) mass is 427 g/mol. The summed E-state index contributed by atoms with van der Waals surface area (Å²) in [6.45, 7) is 0. The number of benzene rings is 2. The number of rotatable bonds is 7. The number of nitrogens with zero attached hydrogens (tertiary/aromatic N) is 2. The van der Waals surface area contributed by atoms with Gasteiger partial charge in [-0.15, -0.1) is 0 Å². The van der Waals surface area contributed by atoms with E-state index in [1.54, 1.807) is 4.68 Å². The molecule has 0 spiro atoms. The lowest BCUT2D eigenvalue weighted by atomic mass is 10.2. The van der Waals surface area contributed by atoms with Crippen molar-refractivity contribution in [3.8, 4) is 5.69 Å². The van der Waals surface area contributed by atoms with Crippen molar-refractivity contribution >= 4 is 21.6 Å². The molecule has 1 aliphatic rings. The minimum atomic E-state index is -3.56. The number of carbonyl (C=O) groups excluding carboxylic acids is 1. The molecule has 0 saturated heterocycles. The predicted octanol–water partition coefficient (Wildman–Crippen LogP) is 3.69. The molecule has 0 fully saturated rings. The van der Waals surface area contributed by atoms with E-state index in [2.05, 4.69) is 10.4 Å². The second-order valence-corrected chi connectivity index (χ2v) is 9.41. The van der Waals surface area contributed by atoms with E-state index < -0.39 is 15.7 Å².